The van der Waals surface area contributed by atoms with Crippen LogP contribution in [0.5, 0.6) is 0 Å². The molecule has 2 aromatic rings. The fourth-order valence-electron chi connectivity index (χ4n) is 2.97. The van der Waals surface area contributed by atoms with E-state index < -0.39 is 0 Å². The van der Waals surface area contributed by atoms with Crippen LogP contribution in [0.25, 0.3) is 0 Å². The van der Waals surface area contributed by atoms with Crippen LogP contribution < -0.4 is 10.6 Å². The fraction of sp³-hybridized carbons (Fsp3) is 0.333. The Labute approximate surface area is 165 Å². The highest BCUT2D eigenvalue weighted by Crippen LogP contribution is 2.26. The van der Waals surface area contributed by atoms with Gasteiger partial charge in [-0.05, 0) is 36.9 Å². The van der Waals surface area contributed by atoms with E-state index in [4.69, 9.17) is 11.6 Å². The number of nitrogens with one attached hydrogen (secondary N) is 2. The number of nitrogens with zero attached hydrogens (tertiary/aromatic N) is 1. The second-order valence-electron chi connectivity index (χ2n) is 6.11. The lowest BCUT2D eigenvalue weighted by Crippen LogP contribution is -2.42. The molecule has 0 bridgehead atoms. The van der Waals surface area contributed by atoms with E-state index >= 15 is 0 Å². The minimum absolute atomic E-state index is 0.0255. The van der Waals surface area contributed by atoms with Crippen molar-refractivity contribution in [2.45, 2.75) is 19.9 Å². The number of hydrogen-bond donors (Lipinski definition) is 2. The lowest BCUT2D eigenvalue weighted by atomic mass is 10.0. The van der Waals surface area contributed by atoms with Gasteiger partial charge in [0.15, 0.2) is 0 Å². The second kappa shape index (κ2) is 10.7. The summed E-state index contributed by atoms with van der Waals surface area (Å²) in [5, 5.41) is 6.23. The molecule has 0 heterocycles. The van der Waals surface area contributed by atoms with Crippen molar-refractivity contribution in [1.29, 1.82) is 0 Å². The topological polar surface area (TPSA) is 61.4 Å². The Morgan fingerprint density at radius 2 is 1.59 bits per heavy atom. The Kier molecular flexibility index (Phi) is 8.30. The second-order valence-corrected chi connectivity index (χ2v) is 6.52. The smallest absolute Gasteiger partial charge is 0.251 e. The highest BCUT2D eigenvalue weighted by Gasteiger charge is 2.21. The van der Waals surface area contributed by atoms with Crippen LogP contribution in [0.15, 0.2) is 54.6 Å². The molecule has 144 valence electrons. The van der Waals surface area contributed by atoms with Crippen molar-refractivity contribution < 1.29 is 9.59 Å². The predicted molar refractivity (Wildman–Crippen MR) is 109 cm³/mol. The molecule has 0 saturated heterocycles. The van der Waals surface area contributed by atoms with E-state index in [0.29, 0.717) is 17.1 Å². The van der Waals surface area contributed by atoms with Gasteiger partial charge in [0, 0.05) is 17.1 Å². The first kappa shape index (κ1) is 20.9. The molecule has 0 aromatic heterocycles. The first-order valence-electron chi connectivity index (χ1n) is 9.15. The third kappa shape index (κ3) is 6.08. The fourth-order valence-corrected chi connectivity index (χ4v) is 3.23. The Morgan fingerprint density at radius 3 is 2.22 bits per heavy atom. The van der Waals surface area contributed by atoms with Crippen molar-refractivity contribution >= 4 is 23.4 Å². The van der Waals surface area contributed by atoms with E-state index in [-0.39, 0.29) is 24.4 Å². The van der Waals surface area contributed by atoms with Gasteiger partial charge in [-0.2, -0.15) is 0 Å². The maximum Gasteiger partial charge on any atom is 0.251 e. The van der Waals surface area contributed by atoms with Crippen LogP contribution in [0.2, 0.25) is 5.02 Å². The van der Waals surface area contributed by atoms with Gasteiger partial charge in [0.2, 0.25) is 5.91 Å². The summed E-state index contributed by atoms with van der Waals surface area (Å²) in [6.45, 7) is 6.19. The van der Waals surface area contributed by atoms with Crippen molar-refractivity contribution in [3.05, 3.63) is 70.7 Å². The van der Waals surface area contributed by atoms with Gasteiger partial charge in [0.05, 0.1) is 12.6 Å². The van der Waals surface area contributed by atoms with E-state index in [1.165, 1.54) is 0 Å². The number of amides is 2. The molecule has 2 aromatic carbocycles. The van der Waals surface area contributed by atoms with Crippen LogP contribution in [0, 0.1) is 0 Å². The minimum Gasteiger partial charge on any atom is -0.353 e. The average Bonchev–Trinajstić information content (AvgIpc) is 2.70. The quantitative estimate of drug-likeness (QED) is 0.694. The van der Waals surface area contributed by atoms with Crippen molar-refractivity contribution in [2.75, 3.05) is 26.2 Å². The molecule has 0 spiro atoms. The number of carbonyl (C=O) groups is 2. The zero-order valence-corrected chi connectivity index (χ0v) is 16.5. The minimum atomic E-state index is -0.267. The maximum atomic E-state index is 12.2. The molecule has 5 nitrogen and oxygen atoms in total. The monoisotopic (exact) mass is 387 g/mol. The third-order valence-corrected chi connectivity index (χ3v) is 4.80. The number of benzene rings is 2. The Morgan fingerprint density at radius 1 is 0.963 bits per heavy atom. The molecule has 27 heavy (non-hydrogen) atoms. The molecule has 2 rings (SSSR count). The summed E-state index contributed by atoms with van der Waals surface area (Å²) in [6, 6.07) is 16.5. The van der Waals surface area contributed by atoms with Crippen LogP contribution >= 0.6 is 11.6 Å². The van der Waals surface area contributed by atoms with E-state index in [1.54, 1.807) is 24.3 Å². The summed E-state index contributed by atoms with van der Waals surface area (Å²) in [4.78, 5) is 26.5. The summed E-state index contributed by atoms with van der Waals surface area (Å²) >= 11 is 6.37. The zero-order valence-electron chi connectivity index (χ0n) is 15.7. The third-order valence-electron chi connectivity index (χ3n) is 4.46. The number of rotatable bonds is 9. The van der Waals surface area contributed by atoms with E-state index in [9.17, 15) is 9.59 Å². The molecule has 0 saturated carbocycles. The lowest BCUT2D eigenvalue weighted by molar-refractivity contribution is -0.120. The number of likely N-dealkylation sites (N-methyl/N-ethyl adjacent to an activating group) is 1. The van der Waals surface area contributed by atoms with Crippen LogP contribution in [0.4, 0.5) is 0 Å². The highest BCUT2D eigenvalue weighted by atomic mass is 35.5. The Balaban J connectivity index is 1.95. The van der Waals surface area contributed by atoms with Crippen LogP contribution in [0.3, 0.4) is 0 Å². The van der Waals surface area contributed by atoms with E-state index in [2.05, 4.69) is 29.4 Å². The standard InChI is InChI=1S/C21H26ClN3O2/c1-3-25(4-2)19(17-12-8-9-13-18(17)22)14-23-20(26)15-24-21(27)16-10-6-5-7-11-16/h5-13,19H,3-4,14-15H2,1-2H3,(H,23,26)(H,24,27). The van der Waals surface area contributed by atoms with Crippen molar-refractivity contribution in [3.63, 3.8) is 0 Å². The molecule has 2 N–H and O–H groups in total. The van der Waals surface area contributed by atoms with Gasteiger partial charge in [0.25, 0.3) is 5.91 Å². The van der Waals surface area contributed by atoms with Crippen molar-refractivity contribution in [3.8, 4) is 0 Å². The van der Waals surface area contributed by atoms with Gasteiger partial charge in [-0.25, -0.2) is 0 Å². The first-order valence-corrected chi connectivity index (χ1v) is 9.53. The van der Waals surface area contributed by atoms with E-state index in [1.807, 2.05) is 30.3 Å². The molecule has 6 heteroatoms. The predicted octanol–water partition coefficient (Wildman–Crippen LogP) is 3.27. The summed E-state index contributed by atoms with van der Waals surface area (Å²) < 4.78 is 0. The maximum absolute atomic E-state index is 12.2. The number of carbonyl (C=O) groups excluding carboxylic acids is 2. The molecule has 2 amide bonds. The largest absolute Gasteiger partial charge is 0.353 e. The van der Waals surface area contributed by atoms with Gasteiger partial charge in [-0.3, -0.25) is 14.5 Å². The Hall–Kier alpha value is -2.37. The van der Waals surface area contributed by atoms with E-state index in [0.717, 1.165) is 18.7 Å². The SMILES string of the molecule is CCN(CC)C(CNC(=O)CNC(=O)c1ccccc1)c1ccccc1Cl. The van der Waals surface area contributed by atoms with Crippen LogP contribution in [-0.4, -0.2) is 42.9 Å². The van der Waals surface area contributed by atoms with Crippen LogP contribution in [-0.2, 0) is 4.79 Å². The summed E-state index contributed by atoms with van der Waals surface area (Å²) in [5.41, 5.74) is 1.51. The molecule has 1 unspecified atom stereocenters. The van der Waals surface area contributed by atoms with Crippen molar-refractivity contribution in [1.82, 2.24) is 15.5 Å². The van der Waals surface area contributed by atoms with Gasteiger partial charge in [0.1, 0.15) is 0 Å². The molecule has 0 aliphatic carbocycles. The molecular formula is C21H26ClN3O2. The Bertz CT molecular complexity index is 748. The molecule has 0 aliphatic rings. The van der Waals surface area contributed by atoms with Crippen molar-refractivity contribution in [2.24, 2.45) is 0 Å². The summed E-state index contributed by atoms with van der Waals surface area (Å²) in [5.74, 6) is -0.499. The average molecular weight is 388 g/mol. The number of halogens is 1. The van der Waals surface area contributed by atoms with Gasteiger partial charge in [-0.1, -0.05) is 61.8 Å². The first-order chi connectivity index (χ1) is 13.1. The van der Waals surface area contributed by atoms with Gasteiger partial charge >= 0.3 is 0 Å². The zero-order chi connectivity index (χ0) is 19.6. The van der Waals surface area contributed by atoms with Gasteiger partial charge in [-0.15, -0.1) is 0 Å². The molecule has 0 radical (unpaired) electrons. The van der Waals surface area contributed by atoms with Crippen LogP contribution in [0.1, 0.15) is 35.8 Å². The molecule has 0 aliphatic heterocycles. The van der Waals surface area contributed by atoms with Gasteiger partial charge < -0.3 is 10.6 Å². The lowest BCUT2D eigenvalue weighted by Gasteiger charge is -2.31. The highest BCUT2D eigenvalue weighted by molar-refractivity contribution is 6.31. The normalized spacial score (nSPS) is 11.9. The molecule has 1 atom stereocenters. The molecule has 0 fully saturated rings. The summed E-state index contributed by atoms with van der Waals surface area (Å²) in [7, 11) is 0. The summed E-state index contributed by atoms with van der Waals surface area (Å²) in [6.07, 6.45) is 0. The number of hydrogen-bond acceptors (Lipinski definition) is 3. The molecular weight excluding hydrogens is 362 g/mol.